The highest BCUT2D eigenvalue weighted by Crippen LogP contribution is 2.29. The van der Waals surface area contributed by atoms with Crippen LogP contribution in [0.15, 0.2) is 24.3 Å². The van der Waals surface area contributed by atoms with Crippen molar-refractivity contribution in [3.8, 4) is 0 Å². The zero-order valence-electron chi connectivity index (χ0n) is 9.60. The molecule has 0 radical (unpaired) electrons. The highest BCUT2D eigenvalue weighted by Gasteiger charge is 2.37. The maximum atomic E-state index is 13.2. The van der Waals surface area contributed by atoms with Gasteiger partial charge in [-0.2, -0.15) is 0 Å². The molecule has 3 N–H and O–H groups in total. The van der Waals surface area contributed by atoms with Crippen molar-refractivity contribution in [2.45, 2.75) is 12.0 Å². The summed E-state index contributed by atoms with van der Waals surface area (Å²) in [7, 11) is 1.19. The van der Waals surface area contributed by atoms with Crippen molar-refractivity contribution in [2.24, 2.45) is 5.73 Å². The lowest BCUT2D eigenvalue weighted by atomic mass is 10.00. The minimum Gasteiger partial charge on any atom is -0.465 e. The topological polar surface area (TPSA) is 72.5 Å². The number of alkyl halides is 2. The smallest absolute Gasteiger partial charge is 0.337 e. The summed E-state index contributed by atoms with van der Waals surface area (Å²) in [6.07, 6.45) is 0. The molecule has 102 valence electrons. The molecule has 1 rings (SSSR count). The maximum absolute atomic E-state index is 13.2. The van der Waals surface area contributed by atoms with Gasteiger partial charge in [0.1, 0.15) is 6.61 Å². The van der Waals surface area contributed by atoms with Crippen molar-refractivity contribution in [2.75, 3.05) is 13.7 Å². The second-order valence-corrected chi connectivity index (χ2v) is 3.51. The average Bonchev–Trinajstić information content (AvgIpc) is 2.36. The number of aliphatic hydroxyl groups is 1. The summed E-state index contributed by atoms with van der Waals surface area (Å²) in [5.74, 6) is -4.07. The highest BCUT2D eigenvalue weighted by atomic mass is 35.5. The number of ether oxygens (including phenoxy) is 1. The van der Waals surface area contributed by atoms with Gasteiger partial charge >= 0.3 is 5.97 Å². The van der Waals surface area contributed by atoms with Gasteiger partial charge in [-0.25, -0.2) is 13.6 Å². The summed E-state index contributed by atoms with van der Waals surface area (Å²) in [6.45, 7) is -1.35. The molecule has 0 aliphatic carbocycles. The summed E-state index contributed by atoms with van der Waals surface area (Å²) in [4.78, 5) is 11.2. The monoisotopic (exact) mass is 281 g/mol. The molecule has 1 atom stereocenters. The fourth-order valence-electron chi connectivity index (χ4n) is 1.32. The number of carbonyl (C=O) groups is 1. The molecule has 7 heteroatoms. The van der Waals surface area contributed by atoms with Gasteiger partial charge in [0.05, 0.1) is 18.7 Å². The van der Waals surface area contributed by atoms with E-state index in [4.69, 9.17) is 10.8 Å². The van der Waals surface area contributed by atoms with Crippen LogP contribution in [0.5, 0.6) is 0 Å². The number of hydrogen-bond donors (Lipinski definition) is 2. The lowest BCUT2D eigenvalue weighted by Gasteiger charge is -2.21. The predicted octanol–water partition coefficient (Wildman–Crippen LogP) is 1.52. The van der Waals surface area contributed by atoms with Gasteiger partial charge in [-0.1, -0.05) is 12.1 Å². The molecule has 0 aliphatic rings. The third-order valence-electron chi connectivity index (χ3n) is 2.33. The second kappa shape index (κ2) is 6.63. The summed E-state index contributed by atoms with van der Waals surface area (Å²) >= 11 is 0. The van der Waals surface area contributed by atoms with E-state index in [0.29, 0.717) is 0 Å². The molecule has 0 fully saturated rings. The van der Waals surface area contributed by atoms with E-state index in [0.717, 1.165) is 0 Å². The van der Waals surface area contributed by atoms with Crippen LogP contribution in [-0.2, 0) is 4.74 Å². The van der Waals surface area contributed by atoms with E-state index >= 15 is 0 Å². The molecule has 18 heavy (non-hydrogen) atoms. The maximum Gasteiger partial charge on any atom is 0.337 e. The number of rotatable bonds is 4. The van der Waals surface area contributed by atoms with Crippen LogP contribution in [0.4, 0.5) is 8.78 Å². The van der Waals surface area contributed by atoms with Crippen LogP contribution in [-0.4, -0.2) is 30.7 Å². The minimum atomic E-state index is -3.44. The molecule has 4 nitrogen and oxygen atoms in total. The van der Waals surface area contributed by atoms with Crippen LogP contribution in [0.2, 0.25) is 0 Å². The van der Waals surface area contributed by atoms with Crippen molar-refractivity contribution < 1.29 is 23.4 Å². The van der Waals surface area contributed by atoms with Crippen molar-refractivity contribution in [3.63, 3.8) is 0 Å². The number of benzene rings is 1. The molecule has 0 amide bonds. The Kier molecular flexibility index (Phi) is 6.17. The van der Waals surface area contributed by atoms with Gasteiger partial charge in [-0.05, 0) is 17.7 Å². The summed E-state index contributed by atoms with van der Waals surface area (Å²) in [5.41, 5.74) is 5.53. The van der Waals surface area contributed by atoms with Gasteiger partial charge in [-0.3, -0.25) is 0 Å². The van der Waals surface area contributed by atoms with Crippen LogP contribution < -0.4 is 5.73 Å². The Morgan fingerprint density at radius 2 is 2.17 bits per heavy atom. The van der Waals surface area contributed by atoms with Crippen LogP contribution in [0.1, 0.15) is 22.0 Å². The second-order valence-electron chi connectivity index (χ2n) is 3.51. The van der Waals surface area contributed by atoms with Crippen LogP contribution in [0.25, 0.3) is 0 Å². The Hall–Kier alpha value is -1.24. The lowest BCUT2D eigenvalue weighted by Crippen LogP contribution is -2.36. The summed E-state index contributed by atoms with van der Waals surface area (Å²) in [6, 6.07) is 3.77. The Morgan fingerprint density at radius 3 is 2.67 bits per heavy atom. The van der Waals surface area contributed by atoms with Crippen LogP contribution in [0, 0.1) is 0 Å². The number of halogens is 3. The average molecular weight is 282 g/mol. The van der Waals surface area contributed by atoms with Gasteiger partial charge in [0.2, 0.25) is 0 Å². The first-order valence-electron chi connectivity index (χ1n) is 4.85. The number of aliphatic hydroxyl groups excluding tert-OH is 1. The van der Waals surface area contributed by atoms with E-state index < -0.39 is 24.5 Å². The molecule has 0 saturated carbocycles. The zero-order chi connectivity index (χ0) is 13.1. The zero-order valence-corrected chi connectivity index (χ0v) is 10.4. The normalized spacial score (nSPS) is 12.5. The third-order valence-corrected chi connectivity index (χ3v) is 2.33. The Morgan fingerprint density at radius 1 is 1.56 bits per heavy atom. The molecule has 0 spiro atoms. The van der Waals surface area contributed by atoms with E-state index in [1.807, 2.05) is 0 Å². The van der Waals surface area contributed by atoms with E-state index in [1.54, 1.807) is 0 Å². The first-order valence-corrected chi connectivity index (χ1v) is 4.85. The number of methoxy groups -OCH3 is 1. The number of nitrogens with two attached hydrogens (primary N) is 1. The number of esters is 1. The molecule has 0 saturated heterocycles. The SMILES string of the molecule is COC(=O)c1cccc([C@@H](N)C(F)(F)CO)c1.Cl. The van der Waals surface area contributed by atoms with Crippen molar-refractivity contribution in [1.29, 1.82) is 0 Å². The van der Waals surface area contributed by atoms with Crippen molar-refractivity contribution in [1.82, 2.24) is 0 Å². The Labute approximate surface area is 109 Å². The van der Waals surface area contributed by atoms with Gasteiger partial charge < -0.3 is 15.6 Å². The number of carbonyl (C=O) groups excluding carboxylic acids is 1. The van der Waals surface area contributed by atoms with Crippen LogP contribution in [0.3, 0.4) is 0 Å². The fraction of sp³-hybridized carbons (Fsp3) is 0.364. The van der Waals surface area contributed by atoms with E-state index in [2.05, 4.69) is 4.74 Å². The van der Waals surface area contributed by atoms with Gasteiger partial charge in [0.15, 0.2) is 0 Å². The van der Waals surface area contributed by atoms with Gasteiger partial charge in [-0.15, -0.1) is 12.4 Å². The van der Waals surface area contributed by atoms with Crippen molar-refractivity contribution >= 4 is 18.4 Å². The molecule has 1 aromatic rings. The Balaban J connectivity index is 0.00000289. The molecule has 0 unspecified atom stereocenters. The van der Waals surface area contributed by atoms with Crippen molar-refractivity contribution in [3.05, 3.63) is 35.4 Å². The predicted molar refractivity (Wildman–Crippen MR) is 64.0 cm³/mol. The Bertz CT molecular complexity index is 415. The quantitative estimate of drug-likeness (QED) is 0.821. The minimum absolute atomic E-state index is 0. The van der Waals surface area contributed by atoms with Gasteiger partial charge in [0, 0.05) is 0 Å². The molecule has 0 aromatic heterocycles. The molecule has 0 bridgehead atoms. The molecule has 0 heterocycles. The first-order chi connectivity index (χ1) is 7.92. The third kappa shape index (κ3) is 3.63. The van der Waals surface area contributed by atoms with Crippen LogP contribution >= 0.6 is 12.4 Å². The van der Waals surface area contributed by atoms with E-state index in [1.165, 1.54) is 31.4 Å². The van der Waals surface area contributed by atoms with E-state index in [-0.39, 0.29) is 23.5 Å². The first kappa shape index (κ1) is 16.8. The fourth-order valence-corrected chi connectivity index (χ4v) is 1.32. The largest absolute Gasteiger partial charge is 0.465 e. The highest BCUT2D eigenvalue weighted by molar-refractivity contribution is 5.89. The number of hydrogen-bond acceptors (Lipinski definition) is 4. The standard InChI is InChI=1S/C11H13F2NO3.ClH/c1-17-10(16)8-4-2-3-7(5-8)9(14)11(12,13)6-15;/h2-5,9,15H,6,14H2,1H3;1H/t9-;/m1./s1. The molecule has 1 aromatic carbocycles. The lowest BCUT2D eigenvalue weighted by molar-refractivity contribution is -0.0712. The van der Waals surface area contributed by atoms with E-state index in [9.17, 15) is 13.6 Å². The molecule has 0 aliphatic heterocycles. The summed E-state index contributed by atoms with van der Waals surface area (Å²) in [5, 5.41) is 8.53. The molecular formula is C11H14ClF2NO3. The van der Waals surface area contributed by atoms with Gasteiger partial charge in [0.25, 0.3) is 5.92 Å². The summed E-state index contributed by atoms with van der Waals surface area (Å²) < 4.78 is 30.8. The molecular weight excluding hydrogens is 268 g/mol.